The summed E-state index contributed by atoms with van der Waals surface area (Å²) in [6.45, 7) is 9.19. The van der Waals surface area contributed by atoms with Crippen molar-refractivity contribution in [3.8, 4) is 0 Å². The van der Waals surface area contributed by atoms with Gasteiger partial charge in [-0.1, -0.05) is 18.2 Å². The largest absolute Gasteiger partial charge is 0.379 e. The second kappa shape index (κ2) is 6.62. The first-order chi connectivity index (χ1) is 8.18. The van der Waals surface area contributed by atoms with E-state index in [1.807, 2.05) is 13.0 Å². The summed E-state index contributed by atoms with van der Waals surface area (Å²) in [5.41, 5.74) is 6.99. The fourth-order valence-electron chi connectivity index (χ4n) is 2.05. The van der Waals surface area contributed by atoms with Crippen molar-refractivity contribution in [2.24, 2.45) is 5.73 Å². The van der Waals surface area contributed by atoms with Crippen molar-refractivity contribution >= 4 is 5.69 Å². The first-order valence-corrected chi connectivity index (χ1v) is 6.28. The molecule has 0 bridgehead atoms. The number of nitrogens with zero attached hydrogens (tertiary/aromatic N) is 1. The summed E-state index contributed by atoms with van der Waals surface area (Å²) < 4.78 is 5.57. The van der Waals surface area contributed by atoms with Crippen molar-refractivity contribution in [3.63, 3.8) is 0 Å². The highest BCUT2D eigenvalue weighted by Crippen LogP contribution is 2.23. The summed E-state index contributed by atoms with van der Waals surface area (Å²) >= 11 is 0. The number of nitrogens with two attached hydrogens (primary N) is 1. The molecule has 0 heterocycles. The normalized spacial score (nSPS) is 14.4. The first kappa shape index (κ1) is 14.0. The molecule has 2 N–H and O–H groups in total. The van der Waals surface area contributed by atoms with Gasteiger partial charge in [0.15, 0.2) is 0 Å². The summed E-state index contributed by atoms with van der Waals surface area (Å²) in [7, 11) is 0. The molecule has 0 saturated carbocycles. The third kappa shape index (κ3) is 3.45. The van der Waals surface area contributed by atoms with Crippen LogP contribution in [0, 0.1) is 0 Å². The van der Waals surface area contributed by atoms with Crippen LogP contribution in [0.15, 0.2) is 30.3 Å². The Morgan fingerprint density at radius 2 is 1.88 bits per heavy atom. The molecule has 0 aromatic heterocycles. The van der Waals surface area contributed by atoms with Crippen molar-refractivity contribution in [1.82, 2.24) is 0 Å². The SMILES string of the molecule is CCOCC(C)(CN)N(CC)c1ccccc1. The van der Waals surface area contributed by atoms with E-state index in [0.717, 1.165) is 13.2 Å². The van der Waals surface area contributed by atoms with E-state index in [9.17, 15) is 0 Å². The van der Waals surface area contributed by atoms with E-state index in [0.29, 0.717) is 13.2 Å². The van der Waals surface area contributed by atoms with Crippen molar-refractivity contribution in [3.05, 3.63) is 30.3 Å². The molecule has 1 aromatic carbocycles. The molecule has 0 aliphatic rings. The van der Waals surface area contributed by atoms with Gasteiger partial charge >= 0.3 is 0 Å². The summed E-state index contributed by atoms with van der Waals surface area (Å²) in [6.07, 6.45) is 0. The maximum Gasteiger partial charge on any atom is 0.0728 e. The molecule has 0 aliphatic heterocycles. The van der Waals surface area contributed by atoms with Crippen molar-refractivity contribution in [1.29, 1.82) is 0 Å². The van der Waals surface area contributed by atoms with Gasteiger partial charge in [0.1, 0.15) is 0 Å². The van der Waals surface area contributed by atoms with Crippen LogP contribution in [0.1, 0.15) is 20.8 Å². The summed E-state index contributed by atoms with van der Waals surface area (Å²) in [6, 6.07) is 10.4. The van der Waals surface area contributed by atoms with Crippen LogP contribution in [0.25, 0.3) is 0 Å². The second-order valence-corrected chi connectivity index (χ2v) is 4.42. The topological polar surface area (TPSA) is 38.5 Å². The number of ether oxygens (including phenoxy) is 1. The van der Waals surface area contributed by atoms with Crippen molar-refractivity contribution in [2.45, 2.75) is 26.3 Å². The molecule has 0 fully saturated rings. The van der Waals surface area contributed by atoms with E-state index in [2.05, 4.69) is 43.0 Å². The zero-order valence-corrected chi connectivity index (χ0v) is 11.1. The first-order valence-electron chi connectivity index (χ1n) is 6.28. The lowest BCUT2D eigenvalue weighted by molar-refractivity contribution is 0.100. The minimum absolute atomic E-state index is 0.147. The minimum atomic E-state index is -0.147. The lowest BCUT2D eigenvalue weighted by atomic mass is 10.00. The molecule has 0 aliphatic carbocycles. The zero-order chi connectivity index (χ0) is 12.7. The quantitative estimate of drug-likeness (QED) is 0.789. The average molecular weight is 236 g/mol. The van der Waals surface area contributed by atoms with Crippen molar-refractivity contribution in [2.75, 3.05) is 31.2 Å². The highest BCUT2D eigenvalue weighted by molar-refractivity contribution is 5.48. The van der Waals surface area contributed by atoms with Gasteiger partial charge in [0.05, 0.1) is 12.1 Å². The monoisotopic (exact) mass is 236 g/mol. The van der Waals surface area contributed by atoms with Gasteiger partial charge in [0.25, 0.3) is 0 Å². The molecule has 1 rings (SSSR count). The Bertz CT molecular complexity index is 315. The Morgan fingerprint density at radius 3 is 2.35 bits per heavy atom. The number of anilines is 1. The fraction of sp³-hybridized carbons (Fsp3) is 0.571. The summed E-state index contributed by atoms with van der Waals surface area (Å²) in [5.74, 6) is 0. The predicted octanol–water partition coefficient (Wildman–Crippen LogP) is 2.27. The highest BCUT2D eigenvalue weighted by atomic mass is 16.5. The third-order valence-corrected chi connectivity index (χ3v) is 3.09. The molecule has 1 unspecified atom stereocenters. The number of likely N-dealkylation sites (N-methyl/N-ethyl adjacent to an activating group) is 1. The van der Waals surface area contributed by atoms with E-state index in [4.69, 9.17) is 10.5 Å². The fourth-order valence-corrected chi connectivity index (χ4v) is 2.05. The lowest BCUT2D eigenvalue weighted by Gasteiger charge is -2.41. The maximum atomic E-state index is 5.94. The van der Waals surface area contributed by atoms with Gasteiger partial charge in [0.2, 0.25) is 0 Å². The Balaban J connectivity index is 2.90. The van der Waals surface area contributed by atoms with Gasteiger partial charge in [-0.25, -0.2) is 0 Å². The Labute approximate surface area is 105 Å². The van der Waals surface area contributed by atoms with Crippen LogP contribution in [-0.2, 0) is 4.74 Å². The van der Waals surface area contributed by atoms with Gasteiger partial charge < -0.3 is 15.4 Å². The number of hydrogen-bond donors (Lipinski definition) is 1. The molecule has 96 valence electrons. The molecule has 0 radical (unpaired) electrons. The van der Waals surface area contributed by atoms with E-state index in [-0.39, 0.29) is 5.54 Å². The minimum Gasteiger partial charge on any atom is -0.379 e. The zero-order valence-electron chi connectivity index (χ0n) is 11.1. The third-order valence-electron chi connectivity index (χ3n) is 3.09. The Kier molecular flexibility index (Phi) is 5.45. The molecule has 3 nitrogen and oxygen atoms in total. The van der Waals surface area contributed by atoms with Gasteiger partial charge in [0, 0.05) is 25.4 Å². The van der Waals surface area contributed by atoms with Crippen LogP contribution in [0.2, 0.25) is 0 Å². The van der Waals surface area contributed by atoms with E-state index < -0.39 is 0 Å². The molecule has 0 saturated heterocycles. The average Bonchev–Trinajstić information content (AvgIpc) is 2.38. The lowest BCUT2D eigenvalue weighted by Crippen LogP contribution is -2.55. The molecule has 0 amide bonds. The second-order valence-electron chi connectivity index (χ2n) is 4.42. The Hall–Kier alpha value is -1.06. The summed E-state index contributed by atoms with van der Waals surface area (Å²) in [5, 5.41) is 0. The number of hydrogen-bond acceptors (Lipinski definition) is 3. The molecule has 0 spiro atoms. The molecule has 1 aromatic rings. The Morgan fingerprint density at radius 1 is 1.24 bits per heavy atom. The molecular formula is C14H24N2O. The molecule has 1 atom stereocenters. The smallest absolute Gasteiger partial charge is 0.0728 e. The predicted molar refractivity (Wildman–Crippen MR) is 73.4 cm³/mol. The maximum absolute atomic E-state index is 5.94. The van der Waals surface area contributed by atoms with Gasteiger partial charge in [-0.15, -0.1) is 0 Å². The van der Waals surface area contributed by atoms with Gasteiger partial charge in [-0.3, -0.25) is 0 Å². The number of benzene rings is 1. The molecule has 17 heavy (non-hydrogen) atoms. The van der Waals surface area contributed by atoms with Gasteiger partial charge in [-0.2, -0.15) is 0 Å². The number of rotatable bonds is 7. The van der Waals surface area contributed by atoms with E-state index >= 15 is 0 Å². The van der Waals surface area contributed by atoms with E-state index in [1.54, 1.807) is 0 Å². The van der Waals surface area contributed by atoms with Crippen LogP contribution >= 0.6 is 0 Å². The van der Waals surface area contributed by atoms with Crippen LogP contribution in [0.3, 0.4) is 0 Å². The molecule has 3 heteroatoms. The highest BCUT2D eigenvalue weighted by Gasteiger charge is 2.29. The molecular weight excluding hydrogens is 212 g/mol. The number of para-hydroxylation sites is 1. The van der Waals surface area contributed by atoms with Crippen LogP contribution in [0.4, 0.5) is 5.69 Å². The standard InChI is InChI=1S/C14H24N2O/c1-4-16(13-9-7-6-8-10-13)14(3,11-15)12-17-5-2/h6-10H,4-5,11-12,15H2,1-3H3. The van der Waals surface area contributed by atoms with Crippen molar-refractivity contribution < 1.29 is 4.74 Å². The summed E-state index contributed by atoms with van der Waals surface area (Å²) in [4.78, 5) is 2.31. The van der Waals surface area contributed by atoms with E-state index in [1.165, 1.54) is 5.69 Å². The van der Waals surface area contributed by atoms with Gasteiger partial charge in [-0.05, 0) is 32.9 Å². The van der Waals surface area contributed by atoms with Crippen LogP contribution in [0.5, 0.6) is 0 Å². The van der Waals surface area contributed by atoms with Crippen LogP contribution in [-0.4, -0.2) is 31.8 Å². The van der Waals surface area contributed by atoms with Crippen LogP contribution < -0.4 is 10.6 Å².